The third-order valence-electron chi connectivity index (χ3n) is 3.74. The fraction of sp³-hybridized carbons (Fsp3) is 0.846. The molecule has 0 aliphatic carbocycles. The van der Waals surface area contributed by atoms with Gasteiger partial charge in [-0.05, 0) is 34.7 Å². The highest BCUT2D eigenvalue weighted by Gasteiger charge is 2.34. The molecule has 0 saturated carbocycles. The Hall–Kier alpha value is 0.607. The molecular formula is C13H27IO2Si. The zero-order chi connectivity index (χ0) is 13.5. The number of rotatable bonds is 8. The van der Waals surface area contributed by atoms with Gasteiger partial charge >= 0.3 is 0 Å². The molecule has 0 radical (unpaired) electrons. The predicted molar refractivity (Wildman–Crippen MR) is 86.1 cm³/mol. The summed E-state index contributed by atoms with van der Waals surface area (Å²) in [5.41, 5.74) is 1.24. The van der Waals surface area contributed by atoms with Gasteiger partial charge in [0.15, 0.2) is 8.32 Å². The highest BCUT2D eigenvalue weighted by molar-refractivity contribution is 14.1. The molecule has 0 aliphatic rings. The van der Waals surface area contributed by atoms with Crippen LogP contribution in [0.4, 0.5) is 0 Å². The van der Waals surface area contributed by atoms with Gasteiger partial charge < -0.3 is 9.53 Å². The van der Waals surface area contributed by atoms with E-state index in [9.17, 15) is 5.11 Å². The van der Waals surface area contributed by atoms with E-state index >= 15 is 0 Å². The van der Waals surface area contributed by atoms with Crippen molar-refractivity contribution < 1.29 is 9.53 Å². The molecule has 4 heteroatoms. The minimum Gasteiger partial charge on any atom is -0.410 e. The van der Waals surface area contributed by atoms with Crippen LogP contribution in [0.2, 0.25) is 18.1 Å². The quantitative estimate of drug-likeness (QED) is 0.509. The molecule has 2 atom stereocenters. The number of hydrogen-bond acceptors (Lipinski definition) is 2. The third kappa shape index (κ3) is 5.01. The second kappa shape index (κ2) is 8.66. The van der Waals surface area contributed by atoms with Gasteiger partial charge in [0, 0.05) is 12.5 Å². The van der Waals surface area contributed by atoms with Gasteiger partial charge in [-0.25, -0.2) is 0 Å². The monoisotopic (exact) mass is 370 g/mol. The largest absolute Gasteiger partial charge is 0.410 e. The minimum atomic E-state index is -1.59. The van der Waals surface area contributed by atoms with E-state index in [4.69, 9.17) is 4.43 Å². The van der Waals surface area contributed by atoms with Gasteiger partial charge in [-0.2, -0.15) is 0 Å². The third-order valence-corrected chi connectivity index (χ3v) is 9.34. The van der Waals surface area contributed by atoms with E-state index < -0.39 is 8.32 Å². The lowest BCUT2D eigenvalue weighted by atomic mass is 10.0. The van der Waals surface area contributed by atoms with Gasteiger partial charge in [-0.3, -0.25) is 0 Å². The van der Waals surface area contributed by atoms with Gasteiger partial charge in [0.1, 0.15) is 0 Å². The molecule has 2 nitrogen and oxygen atoms in total. The topological polar surface area (TPSA) is 29.5 Å². The van der Waals surface area contributed by atoms with Crippen LogP contribution in [0.1, 0.15) is 34.6 Å². The Kier molecular flexibility index (Phi) is 8.97. The summed E-state index contributed by atoms with van der Waals surface area (Å²) >= 11 is 2.26. The Morgan fingerprint density at radius 3 is 2.06 bits per heavy atom. The summed E-state index contributed by atoms with van der Waals surface area (Å²) in [6.07, 6.45) is 0.0865. The van der Waals surface area contributed by atoms with E-state index in [-0.39, 0.29) is 18.6 Å². The molecule has 0 heterocycles. The number of aliphatic hydroxyl groups excluding tert-OH is 1. The first-order chi connectivity index (χ1) is 8.00. The first kappa shape index (κ1) is 17.6. The molecule has 0 bridgehead atoms. The molecule has 0 rings (SSSR count). The summed E-state index contributed by atoms with van der Waals surface area (Å²) in [4.78, 5) is 0. The zero-order valence-electron chi connectivity index (χ0n) is 11.8. The summed E-state index contributed by atoms with van der Waals surface area (Å²) in [6.45, 7) is 11.1. The van der Waals surface area contributed by atoms with Crippen molar-refractivity contribution >= 4 is 30.9 Å². The molecule has 0 aliphatic heterocycles. The van der Waals surface area contributed by atoms with Crippen molar-refractivity contribution in [2.75, 3.05) is 6.61 Å². The van der Waals surface area contributed by atoms with Crippen LogP contribution in [0.15, 0.2) is 9.66 Å². The first-order valence-corrected chi connectivity index (χ1v) is 10.3. The number of hydrogen-bond donors (Lipinski definition) is 1. The molecule has 0 aromatic rings. The predicted octanol–water partition coefficient (Wildman–Crippen LogP) is 4.34. The number of aliphatic hydroxyl groups is 1. The minimum absolute atomic E-state index is 0.0865. The van der Waals surface area contributed by atoms with Crippen LogP contribution < -0.4 is 0 Å². The molecule has 0 fully saturated rings. The van der Waals surface area contributed by atoms with E-state index in [1.54, 1.807) is 0 Å². The molecule has 0 spiro atoms. The highest BCUT2D eigenvalue weighted by atomic mass is 127. The Morgan fingerprint density at radius 2 is 1.76 bits per heavy atom. The first-order valence-electron chi connectivity index (χ1n) is 6.55. The molecule has 1 N–H and O–H groups in total. The van der Waals surface area contributed by atoms with Gasteiger partial charge in [-0.15, -0.1) is 0 Å². The van der Waals surface area contributed by atoms with Crippen LogP contribution in [-0.2, 0) is 4.43 Å². The molecule has 0 unspecified atom stereocenters. The van der Waals surface area contributed by atoms with E-state index in [2.05, 4.69) is 61.3 Å². The molecule has 0 aromatic heterocycles. The van der Waals surface area contributed by atoms with Crippen molar-refractivity contribution in [2.45, 2.75) is 58.9 Å². The van der Waals surface area contributed by atoms with Crippen molar-refractivity contribution in [3.05, 3.63) is 9.66 Å². The SMILES string of the molecule is CC[Si](CC)(CC)O[C@@H](/C(C)=C/I)[C@@H](C)CO. The van der Waals surface area contributed by atoms with E-state index in [1.807, 2.05) is 0 Å². The lowest BCUT2D eigenvalue weighted by Gasteiger charge is -2.36. The summed E-state index contributed by atoms with van der Waals surface area (Å²) in [5.74, 6) is 0.178. The molecule has 102 valence electrons. The lowest BCUT2D eigenvalue weighted by molar-refractivity contribution is 0.112. The fourth-order valence-electron chi connectivity index (χ4n) is 2.09. The fourth-order valence-corrected chi connectivity index (χ4v) is 5.40. The normalized spacial score (nSPS) is 17.0. The Balaban J connectivity index is 4.96. The Morgan fingerprint density at radius 1 is 1.29 bits per heavy atom. The Bertz CT molecular complexity index is 231. The van der Waals surface area contributed by atoms with Gasteiger partial charge in [0.25, 0.3) is 0 Å². The molecular weight excluding hydrogens is 343 g/mol. The number of halogens is 1. The van der Waals surface area contributed by atoms with Crippen molar-refractivity contribution in [1.29, 1.82) is 0 Å². The molecule has 0 aromatic carbocycles. The molecule has 0 saturated heterocycles. The van der Waals surface area contributed by atoms with Crippen LogP contribution in [0.25, 0.3) is 0 Å². The smallest absolute Gasteiger partial charge is 0.192 e. The van der Waals surface area contributed by atoms with E-state index in [0.29, 0.717) is 0 Å². The van der Waals surface area contributed by atoms with Crippen molar-refractivity contribution in [2.24, 2.45) is 5.92 Å². The maximum absolute atomic E-state index is 9.37. The zero-order valence-corrected chi connectivity index (χ0v) is 15.0. The average molecular weight is 370 g/mol. The standard InChI is InChI=1S/C13H27IO2Si/c1-6-17(7-2,8-3)16-13(11(4)9-14)12(5)10-15/h9,12-13,15H,6-8,10H2,1-5H3/b11-9+/t12-,13-/m0/s1. The second-order valence-electron chi connectivity index (χ2n) is 4.80. The van der Waals surface area contributed by atoms with Gasteiger partial charge in [-0.1, -0.05) is 50.3 Å². The Labute approximate surface area is 121 Å². The summed E-state index contributed by atoms with van der Waals surface area (Å²) in [6, 6.07) is 3.47. The second-order valence-corrected chi connectivity index (χ2v) is 10.1. The van der Waals surface area contributed by atoms with Crippen LogP contribution in [0, 0.1) is 5.92 Å². The van der Waals surface area contributed by atoms with Crippen LogP contribution in [-0.4, -0.2) is 26.1 Å². The van der Waals surface area contributed by atoms with E-state index in [1.165, 1.54) is 5.57 Å². The van der Waals surface area contributed by atoms with Crippen molar-refractivity contribution in [3.8, 4) is 0 Å². The van der Waals surface area contributed by atoms with Crippen LogP contribution in [0.5, 0.6) is 0 Å². The van der Waals surface area contributed by atoms with E-state index in [0.717, 1.165) is 18.1 Å². The maximum atomic E-state index is 9.37. The lowest BCUT2D eigenvalue weighted by Crippen LogP contribution is -2.43. The van der Waals surface area contributed by atoms with Crippen LogP contribution >= 0.6 is 22.6 Å². The van der Waals surface area contributed by atoms with Gasteiger partial charge in [0.05, 0.1) is 6.10 Å². The van der Waals surface area contributed by atoms with Crippen molar-refractivity contribution in [3.63, 3.8) is 0 Å². The molecule has 0 amide bonds. The average Bonchev–Trinajstić information content (AvgIpc) is 2.39. The summed E-state index contributed by atoms with van der Waals surface area (Å²) < 4.78 is 8.57. The van der Waals surface area contributed by atoms with Crippen molar-refractivity contribution in [1.82, 2.24) is 0 Å². The summed E-state index contributed by atoms with van der Waals surface area (Å²) in [7, 11) is -1.59. The summed E-state index contributed by atoms with van der Waals surface area (Å²) in [5, 5.41) is 9.37. The van der Waals surface area contributed by atoms with Gasteiger partial charge in [0.2, 0.25) is 0 Å². The molecule has 17 heavy (non-hydrogen) atoms. The van der Waals surface area contributed by atoms with Crippen LogP contribution in [0.3, 0.4) is 0 Å². The highest BCUT2D eigenvalue weighted by Crippen LogP contribution is 2.29. The maximum Gasteiger partial charge on any atom is 0.192 e.